The first-order chi connectivity index (χ1) is 8.20. The Labute approximate surface area is 104 Å². The fourth-order valence-electron chi connectivity index (χ4n) is 2.63. The Hall–Kier alpha value is -0.870. The predicted molar refractivity (Wildman–Crippen MR) is 69.7 cm³/mol. The average Bonchev–Trinajstić information content (AvgIpc) is 2.86. The minimum absolute atomic E-state index is 0.493. The van der Waals surface area contributed by atoms with E-state index in [4.69, 9.17) is 10.8 Å². The van der Waals surface area contributed by atoms with Gasteiger partial charge in [0.15, 0.2) is 0 Å². The average molecular weight is 236 g/mol. The molecule has 1 aromatic rings. The van der Waals surface area contributed by atoms with Crippen LogP contribution >= 0.6 is 0 Å². The first-order valence-electron chi connectivity index (χ1n) is 6.68. The lowest BCUT2D eigenvalue weighted by Gasteiger charge is -2.21. The summed E-state index contributed by atoms with van der Waals surface area (Å²) in [5, 5.41) is 4.70. The van der Waals surface area contributed by atoms with E-state index in [2.05, 4.69) is 35.7 Å². The molecule has 0 radical (unpaired) electrons. The Morgan fingerprint density at radius 1 is 1.53 bits per heavy atom. The molecule has 1 aliphatic rings. The number of hydrogen-bond donors (Lipinski definition) is 1. The van der Waals surface area contributed by atoms with E-state index in [1.54, 1.807) is 0 Å². The number of hydrogen-bond acceptors (Lipinski definition) is 3. The van der Waals surface area contributed by atoms with Gasteiger partial charge in [-0.05, 0) is 31.4 Å². The second-order valence-electron chi connectivity index (χ2n) is 5.34. The molecule has 1 aromatic heterocycles. The summed E-state index contributed by atoms with van der Waals surface area (Å²) < 4.78 is 2.07. The summed E-state index contributed by atoms with van der Waals surface area (Å²) in [6.45, 7) is 8.34. The zero-order valence-electron chi connectivity index (χ0n) is 11.0. The first-order valence-corrected chi connectivity index (χ1v) is 6.68. The molecule has 96 valence electrons. The van der Waals surface area contributed by atoms with Crippen molar-refractivity contribution >= 4 is 0 Å². The van der Waals surface area contributed by atoms with Gasteiger partial charge in [0.25, 0.3) is 0 Å². The Balaban J connectivity index is 2.03. The van der Waals surface area contributed by atoms with Gasteiger partial charge >= 0.3 is 0 Å². The molecule has 0 amide bonds. The summed E-state index contributed by atoms with van der Waals surface area (Å²) in [7, 11) is 0. The maximum absolute atomic E-state index is 5.65. The third-order valence-corrected chi connectivity index (χ3v) is 3.33. The van der Waals surface area contributed by atoms with Crippen LogP contribution in [0.3, 0.4) is 0 Å². The number of likely N-dealkylation sites (tertiary alicyclic amines) is 1. The standard InChI is InChI=1S/C13H24N4/c1-11(2)10-17-8-5-12(15-17)13-4-3-7-16(13)9-6-14/h5,8,11,13H,3-4,6-7,9-10,14H2,1-2H3/t13-/m1/s1. The number of nitrogens with two attached hydrogens (primary N) is 1. The summed E-state index contributed by atoms with van der Waals surface area (Å²) >= 11 is 0. The summed E-state index contributed by atoms with van der Waals surface area (Å²) in [4.78, 5) is 2.46. The maximum atomic E-state index is 5.65. The molecule has 0 unspecified atom stereocenters. The van der Waals surface area contributed by atoms with Crippen LogP contribution in [0, 0.1) is 5.92 Å². The third kappa shape index (κ3) is 3.07. The Bertz CT molecular complexity index is 345. The van der Waals surface area contributed by atoms with E-state index < -0.39 is 0 Å². The molecule has 0 aliphatic carbocycles. The fourth-order valence-corrected chi connectivity index (χ4v) is 2.63. The molecule has 1 fully saturated rings. The van der Waals surface area contributed by atoms with Crippen LogP contribution in [0.25, 0.3) is 0 Å². The number of nitrogens with zero attached hydrogens (tertiary/aromatic N) is 3. The van der Waals surface area contributed by atoms with Crippen LogP contribution in [0.2, 0.25) is 0 Å². The topological polar surface area (TPSA) is 47.1 Å². The molecule has 0 bridgehead atoms. The number of aromatic nitrogens is 2. The van der Waals surface area contributed by atoms with Crippen molar-refractivity contribution < 1.29 is 0 Å². The molecule has 1 atom stereocenters. The lowest BCUT2D eigenvalue weighted by molar-refractivity contribution is 0.258. The van der Waals surface area contributed by atoms with Crippen LogP contribution in [0.1, 0.15) is 38.4 Å². The summed E-state index contributed by atoms with van der Waals surface area (Å²) in [6.07, 6.45) is 4.59. The van der Waals surface area contributed by atoms with Gasteiger partial charge in [0, 0.05) is 25.8 Å². The zero-order chi connectivity index (χ0) is 12.3. The molecule has 4 heteroatoms. The zero-order valence-corrected chi connectivity index (χ0v) is 11.0. The molecule has 4 nitrogen and oxygen atoms in total. The van der Waals surface area contributed by atoms with Crippen molar-refractivity contribution in [3.8, 4) is 0 Å². The highest BCUT2D eigenvalue weighted by Gasteiger charge is 2.26. The highest BCUT2D eigenvalue weighted by Crippen LogP contribution is 2.30. The van der Waals surface area contributed by atoms with Gasteiger partial charge in [-0.3, -0.25) is 9.58 Å². The van der Waals surface area contributed by atoms with Gasteiger partial charge in [-0.1, -0.05) is 13.8 Å². The largest absolute Gasteiger partial charge is 0.329 e. The Kier molecular flexibility index (Phi) is 4.18. The van der Waals surface area contributed by atoms with E-state index in [1.807, 2.05) is 0 Å². The van der Waals surface area contributed by atoms with E-state index in [-0.39, 0.29) is 0 Å². The monoisotopic (exact) mass is 236 g/mol. The highest BCUT2D eigenvalue weighted by atomic mass is 15.3. The second-order valence-corrected chi connectivity index (χ2v) is 5.34. The van der Waals surface area contributed by atoms with Gasteiger partial charge in [-0.2, -0.15) is 5.10 Å². The molecule has 1 saturated heterocycles. The lowest BCUT2D eigenvalue weighted by atomic mass is 10.1. The quantitative estimate of drug-likeness (QED) is 0.845. The smallest absolute Gasteiger partial charge is 0.0796 e. The second kappa shape index (κ2) is 5.65. The summed E-state index contributed by atoms with van der Waals surface area (Å²) in [5.41, 5.74) is 6.87. The van der Waals surface area contributed by atoms with E-state index >= 15 is 0 Å². The molecular weight excluding hydrogens is 212 g/mol. The van der Waals surface area contributed by atoms with Gasteiger partial charge in [0.2, 0.25) is 0 Å². The summed E-state index contributed by atoms with van der Waals surface area (Å²) in [6, 6.07) is 2.66. The molecule has 0 saturated carbocycles. The molecule has 2 rings (SSSR count). The van der Waals surface area contributed by atoms with Crippen molar-refractivity contribution in [1.29, 1.82) is 0 Å². The van der Waals surface area contributed by atoms with Crippen LogP contribution in [0.5, 0.6) is 0 Å². The first kappa shape index (κ1) is 12.6. The Morgan fingerprint density at radius 2 is 2.35 bits per heavy atom. The van der Waals surface area contributed by atoms with E-state index in [9.17, 15) is 0 Å². The molecule has 17 heavy (non-hydrogen) atoms. The van der Waals surface area contributed by atoms with Crippen molar-refractivity contribution in [3.05, 3.63) is 18.0 Å². The van der Waals surface area contributed by atoms with E-state index in [1.165, 1.54) is 25.1 Å². The van der Waals surface area contributed by atoms with Crippen molar-refractivity contribution in [2.75, 3.05) is 19.6 Å². The van der Waals surface area contributed by atoms with Gasteiger partial charge in [-0.15, -0.1) is 0 Å². The molecule has 2 heterocycles. The van der Waals surface area contributed by atoms with Crippen LogP contribution < -0.4 is 5.73 Å². The molecule has 2 N–H and O–H groups in total. The van der Waals surface area contributed by atoms with Gasteiger partial charge < -0.3 is 5.73 Å². The van der Waals surface area contributed by atoms with Crippen molar-refractivity contribution in [2.45, 2.75) is 39.3 Å². The van der Waals surface area contributed by atoms with Crippen molar-refractivity contribution in [2.24, 2.45) is 11.7 Å². The molecule has 1 aliphatic heterocycles. The van der Waals surface area contributed by atoms with Gasteiger partial charge in [0.05, 0.1) is 11.7 Å². The van der Waals surface area contributed by atoms with Crippen molar-refractivity contribution in [1.82, 2.24) is 14.7 Å². The minimum Gasteiger partial charge on any atom is -0.329 e. The molecule has 0 spiro atoms. The lowest BCUT2D eigenvalue weighted by Crippen LogP contribution is -2.29. The predicted octanol–water partition coefficient (Wildman–Crippen LogP) is 1.63. The normalized spacial score (nSPS) is 21.5. The molecule has 0 aromatic carbocycles. The third-order valence-electron chi connectivity index (χ3n) is 3.33. The van der Waals surface area contributed by atoms with Gasteiger partial charge in [0.1, 0.15) is 0 Å². The van der Waals surface area contributed by atoms with Crippen molar-refractivity contribution in [3.63, 3.8) is 0 Å². The van der Waals surface area contributed by atoms with Crippen LogP contribution in [0.4, 0.5) is 0 Å². The Morgan fingerprint density at radius 3 is 3.06 bits per heavy atom. The van der Waals surface area contributed by atoms with Gasteiger partial charge in [-0.25, -0.2) is 0 Å². The van der Waals surface area contributed by atoms with Crippen LogP contribution in [0.15, 0.2) is 12.3 Å². The van der Waals surface area contributed by atoms with E-state index in [0.717, 1.165) is 19.6 Å². The summed E-state index contributed by atoms with van der Waals surface area (Å²) in [5.74, 6) is 0.645. The van der Waals surface area contributed by atoms with Crippen LogP contribution in [-0.4, -0.2) is 34.3 Å². The highest BCUT2D eigenvalue weighted by molar-refractivity contribution is 5.08. The number of rotatable bonds is 5. The maximum Gasteiger partial charge on any atom is 0.0796 e. The van der Waals surface area contributed by atoms with E-state index in [0.29, 0.717) is 12.0 Å². The van der Waals surface area contributed by atoms with Crippen LogP contribution in [-0.2, 0) is 6.54 Å². The molecular formula is C13H24N4. The SMILES string of the molecule is CC(C)Cn1ccc([C@H]2CCCN2CCN)n1. The minimum atomic E-state index is 0.493. The fraction of sp³-hybridized carbons (Fsp3) is 0.769.